The summed E-state index contributed by atoms with van der Waals surface area (Å²) in [6, 6.07) is 5.66. The molecular formula is C28H39N7O3. The number of nitrogens with one attached hydrogen (secondary N) is 2. The summed E-state index contributed by atoms with van der Waals surface area (Å²) in [5.74, 6) is 1.65. The van der Waals surface area contributed by atoms with Crippen LogP contribution in [0.2, 0.25) is 0 Å². The Morgan fingerprint density at radius 2 is 1.95 bits per heavy atom. The second kappa shape index (κ2) is 10.8. The van der Waals surface area contributed by atoms with Gasteiger partial charge in [0.15, 0.2) is 5.82 Å². The molecule has 2 N–H and O–H groups in total. The van der Waals surface area contributed by atoms with E-state index >= 15 is 0 Å². The lowest BCUT2D eigenvalue weighted by atomic mass is 9.91. The number of hydrogen-bond acceptors (Lipinski definition) is 8. The highest BCUT2D eigenvalue weighted by Crippen LogP contribution is 2.40. The number of benzene rings is 1. The highest BCUT2D eigenvalue weighted by atomic mass is 16.5. The van der Waals surface area contributed by atoms with Crippen LogP contribution in [0.3, 0.4) is 0 Å². The smallest absolute Gasteiger partial charge is 0.251 e. The monoisotopic (exact) mass is 521 g/mol. The first kappa shape index (κ1) is 26.2. The molecule has 3 aliphatic rings. The number of anilines is 4. The number of methoxy groups -OCH3 is 1. The quantitative estimate of drug-likeness (QED) is 0.545. The Labute approximate surface area is 224 Å². The standard InChI is InChI=1S/C28H39N7O3/c1-28(2)18-35(20-8-5-6-9-20)24-22(33(3)26(28)37)17-30-27(32-24)31-21-11-10-19(16-23(21)38-4)25(36)29-12-15-34-13-7-14-34/h10-11,16-17,20H,5-9,12-15,18H2,1-4H3,(H,29,36)(H,30,31,32). The van der Waals surface area contributed by atoms with Gasteiger partial charge in [0.25, 0.3) is 5.91 Å². The Bertz CT molecular complexity index is 1190. The van der Waals surface area contributed by atoms with Crippen molar-refractivity contribution in [2.75, 3.05) is 62.0 Å². The minimum atomic E-state index is -0.541. The molecule has 0 unspecified atom stereocenters. The van der Waals surface area contributed by atoms with Gasteiger partial charge in [-0.3, -0.25) is 9.59 Å². The summed E-state index contributed by atoms with van der Waals surface area (Å²) in [4.78, 5) is 41.7. The van der Waals surface area contributed by atoms with Crippen molar-refractivity contribution < 1.29 is 14.3 Å². The molecule has 3 heterocycles. The van der Waals surface area contributed by atoms with Gasteiger partial charge >= 0.3 is 0 Å². The van der Waals surface area contributed by atoms with Crippen molar-refractivity contribution >= 4 is 35.0 Å². The van der Waals surface area contributed by atoms with Crippen molar-refractivity contribution in [3.63, 3.8) is 0 Å². The zero-order chi connectivity index (χ0) is 26.9. The van der Waals surface area contributed by atoms with E-state index in [2.05, 4.69) is 25.4 Å². The van der Waals surface area contributed by atoms with E-state index in [9.17, 15) is 9.59 Å². The van der Waals surface area contributed by atoms with Crippen molar-refractivity contribution in [1.29, 1.82) is 0 Å². The van der Waals surface area contributed by atoms with Gasteiger partial charge in [-0.15, -0.1) is 0 Å². The molecular weight excluding hydrogens is 482 g/mol. The summed E-state index contributed by atoms with van der Waals surface area (Å²) < 4.78 is 5.60. The first-order chi connectivity index (χ1) is 18.3. The Balaban J connectivity index is 1.37. The Kier molecular flexibility index (Phi) is 7.43. The molecule has 1 saturated heterocycles. The second-order valence-electron chi connectivity index (χ2n) is 11.2. The third-order valence-corrected chi connectivity index (χ3v) is 7.97. The Morgan fingerprint density at radius 3 is 2.63 bits per heavy atom. The minimum absolute atomic E-state index is 0.0592. The number of hydrogen-bond donors (Lipinski definition) is 2. The topological polar surface area (TPSA) is 103 Å². The average Bonchev–Trinajstić information content (AvgIpc) is 3.40. The molecule has 0 atom stereocenters. The van der Waals surface area contributed by atoms with Crippen LogP contribution in [0.4, 0.5) is 23.1 Å². The Morgan fingerprint density at radius 1 is 1.18 bits per heavy atom. The average molecular weight is 522 g/mol. The fourth-order valence-electron chi connectivity index (χ4n) is 5.62. The normalized spacial score (nSPS) is 19.5. The van der Waals surface area contributed by atoms with Crippen LogP contribution in [-0.4, -0.2) is 79.6 Å². The molecule has 1 saturated carbocycles. The number of rotatable bonds is 8. The molecule has 2 amide bonds. The number of nitrogens with zero attached hydrogens (tertiary/aromatic N) is 5. The molecule has 0 bridgehead atoms. The molecule has 2 aliphatic heterocycles. The highest BCUT2D eigenvalue weighted by Gasteiger charge is 2.41. The second-order valence-corrected chi connectivity index (χ2v) is 11.2. The van der Waals surface area contributed by atoms with E-state index in [-0.39, 0.29) is 11.8 Å². The van der Waals surface area contributed by atoms with Gasteiger partial charge in [0, 0.05) is 38.3 Å². The fraction of sp³-hybridized carbons (Fsp3) is 0.571. The molecule has 0 spiro atoms. The van der Waals surface area contributed by atoms with Gasteiger partial charge < -0.3 is 30.1 Å². The number of carbonyl (C=O) groups excluding carboxylic acids is 2. The molecule has 1 aromatic carbocycles. The number of amides is 2. The van der Waals surface area contributed by atoms with Gasteiger partial charge in [0.2, 0.25) is 11.9 Å². The fourth-order valence-corrected chi connectivity index (χ4v) is 5.62. The number of aromatic nitrogens is 2. The summed E-state index contributed by atoms with van der Waals surface area (Å²) >= 11 is 0. The van der Waals surface area contributed by atoms with Gasteiger partial charge in [-0.05, 0) is 64.4 Å². The van der Waals surface area contributed by atoms with Crippen molar-refractivity contribution in [2.24, 2.45) is 5.41 Å². The molecule has 5 rings (SSSR count). The third-order valence-electron chi connectivity index (χ3n) is 7.97. The van der Waals surface area contributed by atoms with E-state index in [1.54, 1.807) is 37.4 Å². The molecule has 2 fully saturated rings. The van der Waals surface area contributed by atoms with Gasteiger partial charge in [0.1, 0.15) is 11.4 Å². The lowest BCUT2D eigenvalue weighted by Gasteiger charge is -2.34. The van der Waals surface area contributed by atoms with Crippen LogP contribution in [0.25, 0.3) is 0 Å². The lowest BCUT2D eigenvalue weighted by molar-refractivity contribution is -0.125. The summed E-state index contributed by atoms with van der Waals surface area (Å²) in [5.41, 5.74) is 1.37. The number of likely N-dealkylation sites (tertiary alicyclic amines) is 1. The number of ether oxygens (including phenoxy) is 1. The molecule has 0 radical (unpaired) electrons. The predicted molar refractivity (Wildman–Crippen MR) is 148 cm³/mol. The van der Waals surface area contributed by atoms with Crippen LogP contribution in [0.15, 0.2) is 24.4 Å². The molecule has 10 heteroatoms. The van der Waals surface area contributed by atoms with Crippen LogP contribution in [0, 0.1) is 5.41 Å². The number of fused-ring (bicyclic) bond motifs is 1. The Hall–Kier alpha value is -3.40. The van der Waals surface area contributed by atoms with Gasteiger partial charge in [-0.25, -0.2) is 4.98 Å². The maximum atomic E-state index is 13.2. The first-order valence-electron chi connectivity index (χ1n) is 13.6. The predicted octanol–water partition coefficient (Wildman–Crippen LogP) is 3.42. The first-order valence-corrected chi connectivity index (χ1v) is 13.6. The van der Waals surface area contributed by atoms with E-state index in [0.29, 0.717) is 42.1 Å². The summed E-state index contributed by atoms with van der Waals surface area (Å²) in [6.45, 7) is 8.31. The zero-order valence-corrected chi connectivity index (χ0v) is 22.9. The molecule has 204 valence electrons. The maximum Gasteiger partial charge on any atom is 0.251 e. The molecule has 10 nitrogen and oxygen atoms in total. The van der Waals surface area contributed by atoms with Crippen LogP contribution in [-0.2, 0) is 4.79 Å². The van der Waals surface area contributed by atoms with Crippen molar-refractivity contribution in [1.82, 2.24) is 20.2 Å². The van der Waals surface area contributed by atoms with E-state index in [0.717, 1.165) is 44.0 Å². The molecule has 1 aliphatic carbocycles. The van der Waals surface area contributed by atoms with E-state index in [1.807, 2.05) is 19.9 Å². The summed E-state index contributed by atoms with van der Waals surface area (Å²) in [7, 11) is 3.38. The van der Waals surface area contributed by atoms with Crippen LogP contribution in [0.1, 0.15) is 56.3 Å². The van der Waals surface area contributed by atoms with E-state index in [4.69, 9.17) is 9.72 Å². The third kappa shape index (κ3) is 5.27. The molecule has 1 aromatic heterocycles. The van der Waals surface area contributed by atoms with Crippen molar-refractivity contribution in [2.45, 2.75) is 52.0 Å². The minimum Gasteiger partial charge on any atom is -0.495 e. The van der Waals surface area contributed by atoms with Crippen LogP contribution in [0.5, 0.6) is 5.75 Å². The van der Waals surface area contributed by atoms with Gasteiger partial charge in [-0.2, -0.15) is 4.98 Å². The van der Waals surface area contributed by atoms with Crippen LogP contribution >= 0.6 is 0 Å². The number of carbonyl (C=O) groups is 2. The van der Waals surface area contributed by atoms with Gasteiger partial charge in [-0.1, -0.05) is 12.8 Å². The van der Waals surface area contributed by atoms with Crippen molar-refractivity contribution in [3.8, 4) is 5.75 Å². The highest BCUT2D eigenvalue weighted by molar-refractivity contribution is 6.01. The van der Waals surface area contributed by atoms with E-state index < -0.39 is 5.41 Å². The van der Waals surface area contributed by atoms with Gasteiger partial charge in [0.05, 0.1) is 24.4 Å². The van der Waals surface area contributed by atoms with Crippen LogP contribution < -0.4 is 25.2 Å². The SMILES string of the molecule is COc1cc(C(=O)NCCN2CCC2)ccc1Nc1ncc2c(n1)N(C1CCCC1)CC(C)(C)C(=O)N2C. The largest absolute Gasteiger partial charge is 0.495 e. The van der Waals surface area contributed by atoms with E-state index in [1.165, 1.54) is 19.3 Å². The lowest BCUT2D eigenvalue weighted by Crippen LogP contribution is -2.45. The summed E-state index contributed by atoms with van der Waals surface area (Å²) in [6.07, 6.45) is 7.51. The molecule has 38 heavy (non-hydrogen) atoms. The van der Waals surface area contributed by atoms with Crippen molar-refractivity contribution in [3.05, 3.63) is 30.0 Å². The molecule has 2 aromatic rings. The summed E-state index contributed by atoms with van der Waals surface area (Å²) in [5, 5.41) is 6.26. The zero-order valence-electron chi connectivity index (χ0n) is 22.9. The maximum absolute atomic E-state index is 13.2.